The first-order valence-corrected chi connectivity index (χ1v) is 14.4. The topological polar surface area (TPSA) is 90.9 Å². The van der Waals surface area contributed by atoms with Crippen LogP contribution in [0.4, 0.5) is 5.69 Å². The zero-order valence-corrected chi connectivity index (χ0v) is 23.2. The van der Waals surface area contributed by atoms with E-state index in [2.05, 4.69) is 19.2 Å². The zero-order chi connectivity index (χ0) is 26.3. The minimum Gasteiger partial charge on any atom is -0.319 e. The summed E-state index contributed by atoms with van der Waals surface area (Å²) in [5.74, 6) is -0.0183. The summed E-state index contributed by atoms with van der Waals surface area (Å²) >= 11 is 2.85. The van der Waals surface area contributed by atoms with Gasteiger partial charge in [0.25, 0.3) is 11.1 Å². The minimum absolute atomic E-state index is 0.00865. The van der Waals surface area contributed by atoms with E-state index in [1.165, 1.54) is 26.9 Å². The third-order valence-electron chi connectivity index (χ3n) is 6.74. The highest BCUT2D eigenvalue weighted by Gasteiger charge is 2.23. The van der Waals surface area contributed by atoms with Crippen LogP contribution in [0.2, 0.25) is 0 Å². The molecular weight excluding hydrogens is 506 g/mol. The van der Waals surface area contributed by atoms with E-state index >= 15 is 0 Å². The molecule has 5 rings (SSSR count). The Morgan fingerprint density at radius 3 is 2.59 bits per heavy atom. The Balaban J connectivity index is 1.42. The number of rotatable bonds is 7. The molecule has 0 saturated carbocycles. The van der Waals surface area contributed by atoms with Crippen molar-refractivity contribution in [1.82, 2.24) is 18.9 Å². The first-order valence-electron chi connectivity index (χ1n) is 12.6. The molecule has 3 aromatic heterocycles. The number of fused-ring (bicyclic) bond motifs is 3. The normalized spacial score (nSPS) is 13.3. The summed E-state index contributed by atoms with van der Waals surface area (Å²) in [5.41, 5.74) is 2.51. The maximum absolute atomic E-state index is 13.6. The average molecular weight is 538 g/mol. The quantitative estimate of drug-likeness (QED) is 0.277. The van der Waals surface area contributed by atoms with Crippen LogP contribution in [0.5, 0.6) is 0 Å². The first kappa shape index (κ1) is 25.5. The average Bonchev–Trinajstić information content (AvgIpc) is 3.35. The van der Waals surface area contributed by atoms with Crippen LogP contribution >= 0.6 is 23.1 Å². The SMILES string of the molecule is Cc1c(NC(=O)CSc2nc3sc4c(c3c(=O)n2CC(C)C)CCCC4)c(=O)n(-c2ccccc2)n1C. The summed E-state index contributed by atoms with van der Waals surface area (Å²) in [6, 6.07) is 9.31. The first-order chi connectivity index (χ1) is 17.8. The second kappa shape index (κ2) is 10.3. The van der Waals surface area contributed by atoms with Crippen molar-refractivity contribution in [3.05, 3.63) is 67.2 Å². The van der Waals surface area contributed by atoms with Gasteiger partial charge in [0.15, 0.2) is 5.16 Å². The molecule has 0 fully saturated rings. The van der Waals surface area contributed by atoms with Crippen molar-refractivity contribution in [1.29, 1.82) is 0 Å². The van der Waals surface area contributed by atoms with Crippen LogP contribution in [0.1, 0.15) is 42.8 Å². The van der Waals surface area contributed by atoms with Crippen molar-refractivity contribution >= 4 is 44.9 Å². The molecule has 0 unspecified atom stereocenters. The molecular formula is C27H31N5O3S2. The molecule has 1 aliphatic rings. The molecule has 1 aromatic carbocycles. The lowest BCUT2D eigenvalue weighted by molar-refractivity contribution is -0.113. The van der Waals surface area contributed by atoms with E-state index in [9.17, 15) is 14.4 Å². The molecule has 8 nitrogen and oxygen atoms in total. The van der Waals surface area contributed by atoms with Crippen LogP contribution in [-0.4, -0.2) is 30.6 Å². The van der Waals surface area contributed by atoms with Crippen molar-refractivity contribution in [2.24, 2.45) is 13.0 Å². The van der Waals surface area contributed by atoms with Gasteiger partial charge in [0.2, 0.25) is 5.91 Å². The van der Waals surface area contributed by atoms with Gasteiger partial charge in [0.1, 0.15) is 10.5 Å². The third-order valence-corrected chi connectivity index (χ3v) is 8.90. The summed E-state index contributed by atoms with van der Waals surface area (Å²) in [7, 11) is 1.79. The molecule has 194 valence electrons. The van der Waals surface area contributed by atoms with Crippen molar-refractivity contribution in [3.63, 3.8) is 0 Å². The predicted octanol–water partition coefficient (Wildman–Crippen LogP) is 4.52. The number of aryl methyl sites for hydroxylation is 2. The van der Waals surface area contributed by atoms with E-state index < -0.39 is 0 Å². The van der Waals surface area contributed by atoms with Crippen molar-refractivity contribution in [2.75, 3.05) is 11.1 Å². The van der Waals surface area contributed by atoms with Crippen LogP contribution in [0.25, 0.3) is 15.9 Å². The third kappa shape index (κ3) is 4.80. The van der Waals surface area contributed by atoms with Gasteiger partial charge in [0, 0.05) is 18.5 Å². The predicted molar refractivity (Wildman–Crippen MR) is 150 cm³/mol. The molecule has 0 saturated heterocycles. The van der Waals surface area contributed by atoms with Gasteiger partial charge in [-0.2, -0.15) is 0 Å². The minimum atomic E-state index is -0.313. The molecule has 10 heteroatoms. The highest BCUT2D eigenvalue weighted by Crippen LogP contribution is 2.34. The van der Waals surface area contributed by atoms with Crippen LogP contribution in [0.3, 0.4) is 0 Å². The number of carbonyl (C=O) groups excluding carboxylic acids is 1. The molecule has 1 amide bonds. The van der Waals surface area contributed by atoms with E-state index in [-0.39, 0.29) is 34.4 Å². The summed E-state index contributed by atoms with van der Waals surface area (Å²) < 4.78 is 4.99. The van der Waals surface area contributed by atoms with E-state index in [0.29, 0.717) is 17.4 Å². The van der Waals surface area contributed by atoms with Crippen molar-refractivity contribution in [3.8, 4) is 5.69 Å². The Morgan fingerprint density at radius 2 is 1.86 bits per heavy atom. The van der Waals surface area contributed by atoms with Crippen LogP contribution in [0.15, 0.2) is 45.1 Å². The number of thioether (sulfide) groups is 1. The summed E-state index contributed by atoms with van der Waals surface area (Å²) in [5, 5.41) is 4.11. The Hall–Kier alpha value is -3.11. The monoisotopic (exact) mass is 537 g/mol. The molecule has 3 heterocycles. The van der Waals surface area contributed by atoms with Gasteiger partial charge in [-0.3, -0.25) is 23.6 Å². The number of hydrogen-bond acceptors (Lipinski definition) is 6. The Kier molecular flexibility index (Phi) is 7.13. The summed E-state index contributed by atoms with van der Waals surface area (Å²) in [6.07, 6.45) is 4.18. The Bertz CT molecular complexity index is 1590. The second-order valence-electron chi connectivity index (χ2n) is 9.87. The maximum Gasteiger partial charge on any atom is 0.295 e. The lowest BCUT2D eigenvalue weighted by Gasteiger charge is -2.15. The van der Waals surface area contributed by atoms with Gasteiger partial charge in [-0.1, -0.05) is 43.8 Å². The van der Waals surface area contributed by atoms with Crippen LogP contribution in [-0.2, 0) is 31.2 Å². The van der Waals surface area contributed by atoms with Gasteiger partial charge in [-0.05, 0) is 56.2 Å². The van der Waals surface area contributed by atoms with Gasteiger partial charge < -0.3 is 5.32 Å². The molecule has 0 radical (unpaired) electrons. The standard InChI is InChI=1S/C27H31N5O3S2/c1-16(2)14-31-25(34)22-19-12-8-9-13-20(19)37-24(22)29-27(31)36-15-21(33)28-23-17(3)30(4)32(26(23)35)18-10-6-5-7-11-18/h5-7,10-11,16H,8-9,12-15H2,1-4H3,(H,28,33). The number of benzene rings is 1. The van der Waals surface area contributed by atoms with Crippen molar-refractivity contribution < 1.29 is 4.79 Å². The summed E-state index contributed by atoms with van der Waals surface area (Å²) in [4.78, 5) is 46.6. The van der Waals surface area contributed by atoms with E-state index in [0.717, 1.165) is 41.6 Å². The highest BCUT2D eigenvalue weighted by molar-refractivity contribution is 7.99. The fraction of sp³-hybridized carbons (Fsp3) is 0.407. The largest absolute Gasteiger partial charge is 0.319 e. The number of aromatic nitrogens is 4. The Labute approximate surface area is 223 Å². The fourth-order valence-corrected chi connectivity index (χ4v) is 6.99. The molecule has 1 N–H and O–H groups in total. The second-order valence-corrected chi connectivity index (χ2v) is 11.9. The molecule has 0 spiro atoms. The summed E-state index contributed by atoms with van der Waals surface area (Å²) in [6.45, 7) is 6.47. The van der Waals surface area contributed by atoms with E-state index in [4.69, 9.17) is 4.98 Å². The maximum atomic E-state index is 13.6. The van der Waals surface area contributed by atoms with E-state index in [1.54, 1.807) is 34.6 Å². The number of carbonyl (C=O) groups is 1. The molecule has 0 atom stereocenters. The Morgan fingerprint density at radius 1 is 1.14 bits per heavy atom. The van der Waals surface area contributed by atoms with Crippen LogP contribution < -0.4 is 16.4 Å². The number of para-hydroxylation sites is 1. The fourth-order valence-electron chi connectivity index (χ4n) is 4.87. The number of nitrogens with one attached hydrogen (secondary N) is 1. The lowest BCUT2D eigenvalue weighted by Crippen LogP contribution is -2.27. The molecule has 4 aromatic rings. The lowest BCUT2D eigenvalue weighted by atomic mass is 9.97. The van der Waals surface area contributed by atoms with Gasteiger partial charge >= 0.3 is 0 Å². The number of thiophene rings is 1. The van der Waals surface area contributed by atoms with Gasteiger partial charge in [-0.25, -0.2) is 9.67 Å². The van der Waals surface area contributed by atoms with Gasteiger partial charge in [0.05, 0.1) is 22.5 Å². The number of nitrogens with zero attached hydrogens (tertiary/aromatic N) is 4. The van der Waals surface area contributed by atoms with Gasteiger partial charge in [-0.15, -0.1) is 11.3 Å². The van der Waals surface area contributed by atoms with E-state index in [1.807, 2.05) is 30.3 Å². The van der Waals surface area contributed by atoms with Crippen molar-refractivity contribution in [2.45, 2.75) is 58.2 Å². The molecule has 37 heavy (non-hydrogen) atoms. The number of hydrogen-bond donors (Lipinski definition) is 1. The van der Waals surface area contributed by atoms with Crippen LogP contribution in [0, 0.1) is 12.8 Å². The zero-order valence-electron chi connectivity index (χ0n) is 21.5. The highest BCUT2D eigenvalue weighted by atomic mass is 32.2. The molecule has 0 aliphatic heterocycles. The molecule has 1 aliphatic carbocycles. The molecule has 0 bridgehead atoms. The smallest absolute Gasteiger partial charge is 0.295 e. The number of amides is 1. The number of anilines is 1.